The minimum Gasteiger partial charge on any atom is -0.367 e. The molecule has 0 bridgehead atoms. The molecule has 3 rings (SSSR count). The fourth-order valence-electron chi connectivity index (χ4n) is 3.40. The zero-order valence-electron chi connectivity index (χ0n) is 18.1. The van der Waals surface area contributed by atoms with Crippen LogP contribution in [0.1, 0.15) is 36.7 Å². The molecule has 0 amide bonds. The molecule has 1 saturated heterocycles. The number of hydrogen-bond donors (Lipinski definition) is 1. The number of nitrogens with zero attached hydrogens (tertiary/aromatic N) is 5. The standard InChI is InChI=1S/C21H31FN6OS/c1-15-13-28(14-19(29-15)17-6-8-18(22)9-7-17)21(23-10-5-11-30-4)24-12-20-26-25-16(2)27(20)3/h6-9,15,19H,5,10-14H2,1-4H3,(H,23,24). The van der Waals surface area contributed by atoms with Gasteiger partial charge in [-0.25, -0.2) is 9.38 Å². The Labute approximate surface area is 182 Å². The molecule has 2 atom stereocenters. The van der Waals surface area contributed by atoms with Crippen molar-refractivity contribution in [3.05, 3.63) is 47.3 Å². The van der Waals surface area contributed by atoms with Gasteiger partial charge in [0.1, 0.15) is 24.3 Å². The summed E-state index contributed by atoms with van der Waals surface area (Å²) >= 11 is 1.84. The number of thioether (sulfide) groups is 1. The maximum atomic E-state index is 13.3. The molecule has 30 heavy (non-hydrogen) atoms. The van der Waals surface area contributed by atoms with Crippen LogP contribution in [0.3, 0.4) is 0 Å². The van der Waals surface area contributed by atoms with Gasteiger partial charge in [-0.05, 0) is 50.0 Å². The zero-order valence-corrected chi connectivity index (χ0v) is 19.0. The van der Waals surface area contributed by atoms with Crippen molar-refractivity contribution in [1.29, 1.82) is 0 Å². The summed E-state index contributed by atoms with van der Waals surface area (Å²) in [6, 6.07) is 6.55. The van der Waals surface area contributed by atoms with Gasteiger partial charge in [-0.2, -0.15) is 11.8 Å². The summed E-state index contributed by atoms with van der Waals surface area (Å²) < 4.78 is 21.4. The van der Waals surface area contributed by atoms with Crippen molar-refractivity contribution in [2.24, 2.45) is 12.0 Å². The molecule has 2 aromatic rings. The highest BCUT2D eigenvalue weighted by Crippen LogP contribution is 2.25. The number of aryl methyl sites for hydroxylation is 1. The quantitative estimate of drug-likeness (QED) is 0.411. The number of benzene rings is 1. The number of guanidine groups is 1. The number of morpholine rings is 1. The Bertz CT molecular complexity index is 841. The smallest absolute Gasteiger partial charge is 0.194 e. The highest BCUT2D eigenvalue weighted by Gasteiger charge is 2.28. The Morgan fingerprint density at radius 3 is 2.73 bits per heavy atom. The molecule has 9 heteroatoms. The predicted molar refractivity (Wildman–Crippen MR) is 119 cm³/mol. The first-order valence-corrected chi connectivity index (χ1v) is 11.6. The summed E-state index contributed by atoms with van der Waals surface area (Å²) in [7, 11) is 1.95. The molecule has 1 aliphatic heterocycles. The maximum Gasteiger partial charge on any atom is 0.194 e. The summed E-state index contributed by atoms with van der Waals surface area (Å²) in [4.78, 5) is 7.08. The van der Waals surface area contributed by atoms with E-state index in [2.05, 4.69) is 33.6 Å². The van der Waals surface area contributed by atoms with Crippen LogP contribution < -0.4 is 5.32 Å². The van der Waals surface area contributed by atoms with E-state index in [4.69, 9.17) is 9.73 Å². The number of aromatic nitrogens is 3. The van der Waals surface area contributed by atoms with Crippen molar-refractivity contribution in [2.45, 2.75) is 39.0 Å². The van der Waals surface area contributed by atoms with E-state index in [0.29, 0.717) is 13.1 Å². The average Bonchev–Trinajstić information content (AvgIpc) is 3.05. The van der Waals surface area contributed by atoms with Gasteiger partial charge in [0.2, 0.25) is 0 Å². The Balaban J connectivity index is 1.76. The lowest BCUT2D eigenvalue weighted by Gasteiger charge is -2.39. The van der Waals surface area contributed by atoms with Crippen LogP contribution >= 0.6 is 11.8 Å². The van der Waals surface area contributed by atoms with Crippen LogP contribution in [0.5, 0.6) is 0 Å². The van der Waals surface area contributed by atoms with E-state index in [1.807, 2.05) is 30.3 Å². The molecule has 164 valence electrons. The number of ether oxygens (including phenoxy) is 1. The topological polar surface area (TPSA) is 67.6 Å². The molecule has 1 fully saturated rings. The van der Waals surface area contributed by atoms with Gasteiger partial charge in [0.05, 0.1) is 12.6 Å². The summed E-state index contributed by atoms with van der Waals surface area (Å²) in [6.07, 6.45) is 3.07. The third-order valence-corrected chi connectivity index (χ3v) is 5.86. The highest BCUT2D eigenvalue weighted by molar-refractivity contribution is 7.98. The molecule has 0 aliphatic carbocycles. The SMILES string of the molecule is CSCCCNC(=NCc1nnc(C)n1C)N1CC(C)OC(c2ccc(F)cc2)C1. The van der Waals surface area contributed by atoms with Crippen molar-refractivity contribution in [3.63, 3.8) is 0 Å². The van der Waals surface area contributed by atoms with E-state index < -0.39 is 0 Å². The lowest BCUT2D eigenvalue weighted by Crippen LogP contribution is -2.51. The molecule has 1 N–H and O–H groups in total. The van der Waals surface area contributed by atoms with Crippen molar-refractivity contribution in [3.8, 4) is 0 Å². The molecule has 2 unspecified atom stereocenters. The van der Waals surface area contributed by atoms with Gasteiger partial charge in [0.15, 0.2) is 11.8 Å². The number of halogens is 1. The molecule has 7 nitrogen and oxygen atoms in total. The molecule has 1 aliphatic rings. The van der Waals surface area contributed by atoms with Gasteiger partial charge in [-0.1, -0.05) is 12.1 Å². The van der Waals surface area contributed by atoms with Gasteiger partial charge in [-0.15, -0.1) is 10.2 Å². The van der Waals surface area contributed by atoms with Crippen molar-refractivity contribution >= 4 is 17.7 Å². The summed E-state index contributed by atoms with van der Waals surface area (Å²) in [6.45, 7) is 6.69. The minimum atomic E-state index is -0.240. The second-order valence-electron chi connectivity index (χ2n) is 7.53. The van der Waals surface area contributed by atoms with Gasteiger partial charge < -0.3 is 19.5 Å². The molecular formula is C21H31FN6OS. The third-order valence-electron chi connectivity index (χ3n) is 5.16. The molecule has 0 spiro atoms. The van der Waals surface area contributed by atoms with Crippen LogP contribution in [0.15, 0.2) is 29.3 Å². The molecule has 0 radical (unpaired) electrons. The molecule has 1 aromatic heterocycles. The van der Waals surface area contributed by atoms with E-state index in [1.54, 1.807) is 12.1 Å². The maximum absolute atomic E-state index is 13.3. The van der Waals surface area contributed by atoms with Crippen LogP contribution in [0.25, 0.3) is 0 Å². The van der Waals surface area contributed by atoms with Crippen molar-refractivity contribution < 1.29 is 9.13 Å². The Hall–Kier alpha value is -2.13. The third kappa shape index (κ3) is 5.95. The first-order chi connectivity index (χ1) is 14.5. The van der Waals surface area contributed by atoms with Crippen LogP contribution in [0.4, 0.5) is 4.39 Å². The van der Waals surface area contributed by atoms with E-state index in [-0.39, 0.29) is 18.0 Å². The van der Waals surface area contributed by atoms with E-state index >= 15 is 0 Å². The molecule has 0 saturated carbocycles. The van der Waals surface area contributed by atoms with Crippen molar-refractivity contribution in [2.75, 3.05) is 31.6 Å². The number of aliphatic imine (C=N–C) groups is 1. The Morgan fingerprint density at radius 1 is 1.30 bits per heavy atom. The van der Waals surface area contributed by atoms with E-state index in [1.165, 1.54) is 12.1 Å². The second kappa shape index (κ2) is 10.8. The predicted octanol–water partition coefficient (Wildman–Crippen LogP) is 2.92. The number of nitrogens with one attached hydrogen (secondary N) is 1. The normalized spacial score (nSPS) is 19.9. The number of hydrogen-bond acceptors (Lipinski definition) is 5. The monoisotopic (exact) mass is 434 g/mol. The largest absolute Gasteiger partial charge is 0.367 e. The van der Waals surface area contributed by atoms with E-state index in [0.717, 1.165) is 48.4 Å². The molecule has 1 aromatic carbocycles. The van der Waals surface area contributed by atoms with Crippen LogP contribution in [0, 0.1) is 12.7 Å². The second-order valence-corrected chi connectivity index (χ2v) is 8.51. The van der Waals surface area contributed by atoms with Gasteiger partial charge in [0.25, 0.3) is 0 Å². The summed E-state index contributed by atoms with van der Waals surface area (Å²) in [5.74, 6) is 3.40. The summed E-state index contributed by atoms with van der Waals surface area (Å²) in [5.41, 5.74) is 0.971. The van der Waals surface area contributed by atoms with E-state index in [9.17, 15) is 4.39 Å². The first-order valence-electron chi connectivity index (χ1n) is 10.3. The molecular weight excluding hydrogens is 403 g/mol. The Kier molecular flexibility index (Phi) is 8.09. The zero-order chi connectivity index (χ0) is 21.5. The van der Waals surface area contributed by atoms with Gasteiger partial charge >= 0.3 is 0 Å². The van der Waals surface area contributed by atoms with Crippen LogP contribution in [-0.4, -0.2) is 63.4 Å². The van der Waals surface area contributed by atoms with Crippen LogP contribution in [-0.2, 0) is 18.3 Å². The Morgan fingerprint density at radius 2 is 2.07 bits per heavy atom. The number of rotatable bonds is 7. The molecule has 2 heterocycles. The lowest BCUT2D eigenvalue weighted by molar-refractivity contribution is -0.0605. The lowest BCUT2D eigenvalue weighted by atomic mass is 10.1. The van der Waals surface area contributed by atoms with Gasteiger partial charge in [0, 0.05) is 20.1 Å². The van der Waals surface area contributed by atoms with Crippen LogP contribution in [0.2, 0.25) is 0 Å². The first kappa shape index (κ1) is 22.6. The van der Waals surface area contributed by atoms with Crippen molar-refractivity contribution in [1.82, 2.24) is 25.0 Å². The summed E-state index contributed by atoms with van der Waals surface area (Å²) in [5, 5.41) is 11.9. The minimum absolute atomic E-state index is 0.0315. The fourth-order valence-corrected chi connectivity index (χ4v) is 3.84. The highest BCUT2D eigenvalue weighted by atomic mass is 32.2. The average molecular weight is 435 g/mol. The van der Waals surface area contributed by atoms with Gasteiger partial charge in [-0.3, -0.25) is 0 Å². The fraction of sp³-hybridized carbons (Fsp3) is 0.571.